The highest BCUT2D eigenvalue weighted by atomic mass is 32.3. The molecule has 4 rings (SSSR count). The van der Waals surface area contributed by atoms with E-state index in [-0.39, 0.29) is 19.9 Å². The molecule has 0 unspecified atom stereocenters. The van der Waals surface area contributed by atoms with Gasteiger partial charge in [0.1, 0.15) is 11.5 Å². The van der Waals surface area contributed by atoms with Crippen molar-refractivity contribution in [1.29, 1.82) is 10.5 Å². The van der Waals surface area contributed by atoms with Crippen LogP contribution in [0.1, 0.15) is 11.1 Å². The maximum atomic E-state index is 12.6. The van der Waals surface area contributed by atoms with Crippen LogP contribution in [-0.2, 0) is 20.2 Å². The molecule has 0 saturated heterocycles. The Morgan fingerprint density at radius 1 is 0.559 bits per heavy atom. The van der Waals surface area contributed by atoms with Crippen molar-refractivity contribution in [2.75, 3.05) is 0 Å². The van der Waals surface area contributed by atoms with Crippen LogP contribution < -0.4 is 8.37 Å². The predicted octanol–water partition coefficient (Wildman–Crippen LogP) is 4.76. The van der Waals surface area contributed by atoms with Gasteiger partial charge in [0.05, 0.1) is 23.3 Å². The molecule has 12 heteroatoms. The van der Waals surface area contributed by atoms with E-state index in [9.17, 15) is 16.8 Å². The van der Waals surface area contributed by atoms with Crippen molar-refractivity contribution in [1.82, 2.24) is 0 Å². The van der Waals surface area contributed by atoms with Crippen molar-refractivity contribution >= 4 is 42.9 Å². The summed E-state index contributed by atoms with van der Waals surface area (Å²) in [6.07, 6.45) is 0. The van der Waals surface area contributed by atoms with Crippen LogP contribution in [0.25, 0.3) is 9.75 Å². The fourth-order valence-electron chi connectivity index (χ4n) is 2.68. The van der Waals surface area contributed by atoms with Crippen molar-refractivity contribution in [2.24, 2.45) is 0 Å². The summed E-state index contributed by atoms with van der Waals surface area (Å²) < 4.78 is 60.5. The van der Waals surface area contributed by atoms with Gasteiger partial charge in [-0.3, -0.25) is 0 Å². The maximum absolute atomic E-state index is 12.6. The normalized spacial score (nSPS) is 11.4. The van der Waals surface area contributed by atoms with Gasteiger partial charge in [0.25, 0.3) is 0 Å². The van der Waals surface area contributed by atoms with Crippen molar-refractivity contribution < 1.29 is 25.2 Å². The molecular formula is C22H12N2O6S4. The third-order valence-corrected chi connectivity index (χ3v) is 10.0. The Hall–Kier alpha value is -3.68. The molecule has 0 bridgehead atoms. The third-order valence-electron chi connectivity index (χ3n) is 4.28. The van der Waals surface area contributed by atoms with E-state index in [1.165, 1.54) is 60.7 Å². The molecule has 2 aromatic heterocycles. The summed E-state index contributed by atoms with van der Waals surface area (Å²) >= 11 is 1.86. The van der Waals surface area contributed by atoms with Gasteiger partial charge in [-0.1, -0.05) is 0 Å². The second-order valence-electron chi connectivity index (χ2n) is 6.58. The van der Waals surface area contributed by atoms with E-state index in [0.717, 1.165) is 22.7 Å². The van der Waals surface area contributed by atoms with Gasteiger partial charge in [-0.05, 0) is 72.8 Å². The quantitative estimate of drug-likeness (QED) is 0.314. The number of hydrogen-bond acceptors (Lipinski definition) is 10. The Bertz CT molecular complexity index is 1510. The fourth-order valence-corrected chi connectivity index (χ4v) is 7.17. The minimum Gasteiger partial charge on any atom is -0.378 e. The predicted molar refractivity (Wildman–Crippen MR) is 126 cm³/mol. The van der Waals surface area contributed by atoms with Gasteiger partial charge in [0, 0.05) is 9.75 Å². The zero-order chi connectivity index (χ0) is 24.3. The highest BCUT2D eigenvalue weighted by Crippen LogP contribution is 2.38. The number of nitriles is 2. The molecule has 170 valence electrons. The van der Waals surface area contributed by atoms with Crippen molar-refractivity contribution in [2.45, 2.75) is 8.42 Å². The fraction of sp³-hybridized carbons (Fsp3) is 0. The number of nitrogens with zero attached hydrogens (tertiary/aromatic N) is 2. The lowest BCUT2D eigenvalue weighted by molar-refractivity contribution is 0.486. The first-order chi connectivity index (χ1) is 16.2. The Kier molecular flexibility index (Phi) is 6.41. The summed E-state index contributed by atoms with van der Waals surface area (Å²) in [5, 5.41) is 17.7. The van der Waals surface area contributed by atoms with Crippen LogP contribution in [0.4, 0.5) is 0 Å². The van der Waals surface area contributed by atoms with Crippen molar-refractivity contribution in [3.8, 4) is 33.4 Å². The van der Waals surface area contributed by atoms with Crippen LogP contribution in [0.2, 0.25) is 0 Å². The first-order valence-electron chi connectivity index (χ1n) is 9.29. The van der Waals surface area contributed by atoms with E-state index in [1.807, 2.05) is 12.1 Å². The smallest absolute Gasteiger partial charge is 0.348 e. The average molecular weight is 529 g/mol. The zero-order valence-electron chi connectivity index (χ0n) is 16.9. The van der Waals surface area contributed by atoms with Crippen LogP contribution >= 0.6 is 22.7 Å². The molecule has 0 aliphatic carbocycles. The summed E-state index contributed by atoms with van der Waals surface area (Å²) in [5.74, 6) is 0.136. The van der Waals surface area contributed by atoms with Crippen LogP contribution in [0.15, 0.2) is 81.2 Å². The molecule has 34 heavy (non-hydrogen) atoms. The largest absolute Gasteiger partial charge is 0.378 e. The molecule has 8 nitrogen and oxygen atoms in total. The molecular weight excluding hydrogens is 517 g/mol. The first-order valence-corrected chi connectivity index (χ1v) is 13.7. The minimum atomic E-state index is -4.11. The highest BCUT2D eigenvalue weighted by molar-refractivity contribution is 7.89. The molecule has 0 saturated carbocycles. The lowest BCUT2D eigenvalue weighted by Crippen LogP contribution is -2.07. The van der Waals surface area contributed by atoms with Gasteiger partial charge in [-0.2, -0.15) is 27.4 Å². The minimum absolute atomic E-state index is 0.0569. The lowest BCUT2D eigenvalue weighted by atomic mass is 10.2. The molecule has 0 radical (unpaired) electrons. The number of benzene rings is 2. The van der Waals surface area contributed by atoms with Gasteiger partial charge >= 0.3 is 20.2 Å². The summed E-state index contributed by atoms with van der Waals surface area (Å²) in [4.78, 5) is 1.07. The Morgan fingerprint density at radius 2 is 0.912 bits per heavy atom. The van der Waals surface area contributed by atoms with E-state index in [1.54, 1.807) is 12.1 Å². The monoisotopic (exact) mass is 528 g/mol. The number of hydrogen-bond donors (Lipinski definition) is 0. The summed E-state index contributed by atoms with van der Waals surface area (Å²) in [5.41, 5.74) is 0.740. The highest BCUT2D eigenvalue weighted by Gasteiger charge is 2.23. The number of thiophene rings is 2. The first kappa shape index (κ1) is 23.5. The average Bonchev–Trinajstić information content (AvgIpc) is 3.50. The summed E-state index contributed by atoms with van der Waals surface area (Å²) in [7, 11) is -8.23. The van der Waals surface area contributed by atoms with E-state index in [4.69, 9.17) is 18.9 Å². The molecule has 0 spiro atoms. The maximum Gasteiger partial charge on any atom is 0.348 e. The van der Waals surface area contributed by atoms with Gasteiger partial charge in [0.15, 0.2) is 8.42 Å². The molecule has 4 aromatic rings. The Morgan fingerprint density at radius 3 is 1.24 bits per heavy atom. The zero-order valence-corrected chi connectivity index (χ0v) is 20.2. The molecule has 0 amide bonds. The molecule has 0 atom stereocenters. The second kappa shape index (κ2) is 9.29. The summed E-state index contributed by atoms with van der Waals surface area (Å²) in [6, 6.07) is 21.0. The van der Waals surface area contributed by atoms with Gasteiger partial charge < -0.3 is 8.37 Å². The van der Waals surface area contributed by atoms with Gasteiger partial charge in [0.2, 0.25) is 0 Å². The Balaban J connectivity index is 1.52. The van der Waals surface area contributed by atoms with Gasteiger partial charge in [-0.25, -0.2) is 0 Å². The van der Waals surface area contributed by atoms with E-state index >= 15 is 0 Å². The Labute approximate surface area is 203 Å². The molecule has 0 aliphatic heterocycles. The van der Waals surface area contributed by atoms with Crippen LogP contribution in [0, 0.1) is 22.7 Å². The molecule has 0 N–H and O–H groups in total. The SMILES string of the molecule is N#Cc1ccc(OS(=O)(=O)c2ccc(-c3ccc(S(=O)(=O)Oc4ccc(C#N)cc4)s3)s2)cc1. The number of rotatable bonds is 7. The molecule has 2 heterocycles. The standard InChI is InChI=1S/C22H12N2O6S4/c23-13-15-1-5-17(6-2-15)29-33(25,26)21-11-9-19(31-21)20-10-12-22(32-20)34(27,28)30-18-7-3-16(14-24)4-8-18/h1-12H. The van der Waals surface area contributed by atoms with Crippen LogP contribution in [-0.4, -0.2) is 16.8 Å². The van der Waals surface area contributed by atoms with Gasteiger partial charge in [-0.15, -0.1) is 22.7 Å². The molecule has 0 aliphatic rings. The lowest BCUT2D eigenvalue weighted by Gasteiger charge is -2.05. The molecule has 0 fully saturated rings. The van der Waals surface area contributed by atoms with Crippen molar-refractivity contribution in [3.63, 3.8) is 0 Å². The topological polar surface area (TPSA) is 134 Å². The summed E-state index contributed by atoms with van der Waals surface area (Å²) in [6.45, 7) is 0. The van der Waals surface area contributed by atoms with E-state index in [0.29, 0.717) is 20.9 Å². The van der Waals surface area contributed by atoms with E-state index < -0.39 is 20.2 Å². The van der Waals surface area contributed by atoms with Crippen LogP contribution in [0.5, 0.6) is 11.5 Å². The van der Waals surface area contributed by atoms with Crippen LogP contribution in [0.3, 0.4) is 0 Å². The second-order valence-corrected chi connectivity index (χ2v) is 12.3. The van der Waals surface area contributed by atoms with E-state index in [2.05, 4.69) is 0 Å². The molecule has 2 aromatic carbocycles. The third kappa shape index (κ3) is 5.11. The van der Waals surface area contributed by atoms with Crippen molar-refractivity contribution in [3.05, 3.63) is 83.9 Å².